The summed E-state index contributed by atoms with van der Waals surface area (Å²) >= 11 is 1.13. The zero-order valence-corrected chi connectivity index (χ0v) is 9.28. The lowest BCUT2D eigenvalue weighted by molar-refractivity contribution is 0.102. The van der Waals surface area contributed by atoms with Gasteiger partial charge in [0.05, 0.1) is 11.8 Å². The minimum Gasteiger partial charge on any atom is -0.373 e. The molecule has 6 nitrogen and oxygen atoms in total. The molecule has 0 spiro atoms. The molecule has 0 saturated carbocycles. The molecule has 0 saturated heterocycles. The second kappa shape index (κ2) is 4.67. The average Bonchev–Trinajstić information content (AvgIpc) is 2.82. The third kappa shape index (κ3) is 2.31. The summed E-state index contributed by atoms with van der Waals surface area (Å²) in [6, 6.07) is 3.43. The van der Waals surface area contributed by atoms with E-state index in [1.165, 1.54) is 12.4 Å². The molecular formula is C9H9N5OS. The zero-order chi connectivity index (χ0) is 11.4. The van der Waals surface area contributed by atoms with Crippen molar-refractivity contribution in [2.75, 3.05) is 17.7 Å². The fourth-order valence-electron chi connectivity index (χ4n) is 1.08. The molecule has 0 fully saturated rings. The van der Waals surface area contributed by atoms with E-state index in [4.69, 9.17) is 0 Å². The Balaban J connectivity index is 2.09. The molecule has 7 heteroatoms. The third-order valence-corrected chi connectivity index (χ3v) is 2.46. The van der Waals surface area contributed by atoms with Gasteiger partial charge in [0.15, 0.2) is 0 Å². The minimum atomic E-state index is -0.221. The third-order valence-electron chi connectivity index (χ3n) is 1.88. The van der Waals surface area contributed by atoms with Crippen molar-refractivity contribution in [3.05, 3.63) is 30.1 Å². The van der Waals surface area contributed by atoms with Crippen LogP contribution in [0.4, 0.5) is 10.8 Å². The van der Waals surface area contributed by atoms with Crippen LogP contribution in [0.2, 0.25) is 0 Å². The van der Waals surface area contributed by atoms with Crippen LogP contribution in [0.5, 0.6) is 0 Å². The average molecular weight is 235 g/mol. The van der Waals surface area contributed by atoms with E-state index in [9.17, 15) is 4.79 Å². The van der Waals surface area contributed by atoms with Crippen molar-refractivity contribution >= 4 is 28.3 Å². The monoisotopic (exact) mass is 235 g/mol. The van der Waals surface area contributed by atoms with Crippen molar-refractivity contribution in [1.82, 2.24) is 14.6 Å². The molecule has 1 amide bonds. The van der Waals surface area contributed by atoms with E-state index in [2.05, 4.69) is 25.2 Å². The standard InChI is InChI=1S/C9H9N5OS/c1-10-7-3-2-6(4-11-7)9(15)13-8-5-12-14-16-8/h2-5H,1H3,(H,10,11)(H,13,15). The maximum absolute atomic E-state index is 11.7. The Hall–Kier alpha value is -2.02. The van der Waals surface area contributed by atoms with E-state index >= 15 is 0 Å². The van der Waals surface area contributed by atoms with Crippen molar-refractivity contribution in [2.45, 2.75) is 0 Å². The SMILES string of the molecule is CNc1ccc(C(=O)Nc2cnns2)cn1. The Morgan fingerprint density at radius 1 is 1.38 bits per heavy atom. The summed E-state index contributed by atoms with van der Waals surface area (Å²) < 4.78 is 3.65. The first kappa shape index (κ1) is 10.5. The second-order valence-electron chi connectivity index (χ2n) is 2.92. The van der Waals surface area contributed by atoms with E-state index in [0.717, 1.165) is 17.4 Å². The van der Waals surface area contributed by atoms with Crippen molar-refractivity contribution in [2.24, 2.45) is 0 Å². The summed E-state index contributed by atoms with van der Waals surface area (Å²) in [5.41, 5.74) is 0.493. The van der Waals surface area contributed by atoms with Crippen LogP contribution in [0, 0.1) is 0 Å². The lowest BCUT2D eigenvalue weighted by Gasteiger charge is -2.02. The number of aromatic nitrogens is 3. The van der Waals surface area contributed by atoms with Gasteiger partial charge in [0.2, 0.25) is 0 Å². The molecule has 2 heterocycles. The summed E-state index contributed by atoms with van der Waals surface area (Å²) in [6.45, 7) is 0. The second-order valence-corrected chi connectivity index (χ2v) is 3.70. The van der Waals surface area contributed by atoms with Gasteiger partial charge in [-0.25, -0.2) is 4.98 Å². The molecule has 0 aliphatic rings. The van der Waals surface area contributed by atoms with Gasteiger partial charge >= 0.3 is 0 Å². The Morgan fingerprint density at radius 2 is 2.25 bits per heavy atom. The molecule has 82 valence electrons. The Bertz CT molecular complexity index is 467. The van der Waals surface area contributed by atoms with E-state index < -0.39 is 0 Å². The highest BCUT2D eigenvalue weighted by molar-refractivity contribution is 7.10. The van der Waals surface area contributed by atoms with Crippen molar-refractivity contribution in [3.63, 3.8) is 0 Å². The minimum absolute atomic E-state index is 0.221. The lowest BCUT2D eigenvalue weighted by atomic mass is 10.2. The van der Waals surface area contributed by atoms with Crippen molar-refractivity contribution in [3.8, 4) is 0 Å². The topological polar surface area (TPSA) is 79.8 Å². The molecular weight excluding hydrogens is 226 g/mol. The van der Waals surface area contributed by atoms with Gasteiger partial charge in [0, 0.05) is 24.8 Å². The number of hydrogen-bond donors (Lipinski definition) is 2. The molecule has 0 atom stereocenters. The predicted octanol–water partition coefficient (Wildman–Crippen LogP) is 1.23. The maximum atomic E-state index is 11.7. The molecule has 0 radical (unpaired) electrons. The molecule has 16 heavy (non-hydrogen) atoms. The van der Waals surface area contributed by atoms with Crippen LogP contribution in [-0.2, 0) is 0 Å². The van der Waals surface area contributed by atoms with Crippen LogP contribution < -0.4 is 10.6 Å². The maximum Gasteiger partial charge on any atom is 0.257 e. The first-order valence-electron chi connectivity index (χ1n) is 4.52. The predicted molar refractivity (Wildman–Crippen MR) is 61.6 cm³/mol. The van der Waals surface area contributed by atoms with Gasteiger partial charge in [-0.05, 0) is 12.1 Å². The Morgan fingerprint density at radius 3 is 2.81 bits per heavy atom. The van der Waals surface area contributed by atoms with E-state index in [-0.39, 0.29) is 5.91 Å². The van der Waals surface area contributed by atoms with Crippen molar-refractivity contribution < 1.29 is 4.79 Å². The number of anilines is 2. The highest BCUT2D eigenvalue weighted by atomic mass is 32.1. The van der Waals surface area contributed by atoms with Crippen LogP contribution in [0.3, 0.4) is 0 Å². The van der Waals surface area contributed by atoms with Gasteiger partial charge in [0.25, 0.3) is 5.91 Å². The number of nitrogens with one attached hydrogen (secondary N) is 2. The lowest BCUT2D eigenvalue weighted by Crippen LogP contribution is -2.11. The van der Waals surface area contributed by atoms with Crippen molar-refractivity contribution in [1.29, 1.82) is 0 Å². The summed E-state index contributed by atoms with van der Waals surface area (Å²) in [7, 11) is 1.77. The smallest absolute Gasteiger partial charge is 0.257 e. The highest BCUT2D eigenvalue weighted by Crippen LogP contribution is 2.11. The number of nitrogens with zero attached hydrogens (tertiary/aromatic N) is 3. The van der Waals surface area contributed by atoms with Gasteiger partial charge in [-0.1, -0.05) is 4.49 Å². The summed E-state index contributed by atoms with van der Waals surface area (Å²) in [6.07, 6.45) is 3.01. The van der Waals surface area contributed by atoms with Crippen LogP contribution in [0.25, 0.3) is 0 Å². The van der Waals surface area contributed by atoms with Gasteiger partial charge in [0.1, 0.15) is 10.8 Å². The summed E-state index contributed by atoms with van der Waals surface area (Å²) in [4.78, 5) is 15.7. The largest absolute Gasteiger partial charge is 0.373 e. The number of rotatable bonds is 3. The molecule has 0 aromatic carbocycles. The van der Waals surface area contributed by atoms with Crippen LogP contribution in [-0.4, -0.2) is 27.5 Å². The molecule has 0 aliphatic heterocycles. The van der Waals surface area contributed by atoms with Crippen LogP contribution in [0.1, 0.15) is 10.4 Å². The number of pyridine rings is 1. The normalized spacial score (nSPS) is 9.81. The molecule has 2 aromatic rings. The molecule has 2 rings (SSSR count). The van der Waals surface area contributed by atoms with Crippen LogP contribution >= 0.6 is 11.5 Å². The molecule has 2 aromatic heterocycles. The Kier molecular flexibility index (Phi) is 3.06. The summed E-state index contributed by atoms with van der Waals surface area (Å²) in [5.74, 6) is 0.497. The fourth-order valence-corrected chi connectivity index (χ4v) is 1.50. The number of carbonyl (C=O) groups is 1. The van der Waals surface area contributed by atoms with Crippen LogP contribution in [0.15, 0.2) is 24.5 Å². The first-order valence-corrected chi connectivity index (χ1v) is 5.29. The van der Waals surface area contributed by atoms with E-state index in [1.54, 1.807) is 19.2 Å². The zero-order valence-electron chi connectivity index (χ0n) is 8.47. The number of carbonyl (C=O) groups excluding carboxylic acids is 1. The van der Waals surface area contributed by atoms with Gasteiger partial charge in [-0.3, -0.25) is 4.79 Å². The highest BCUT2D eigenvalue weighted by Gasteiger charge is 2.07. The molecule has 0 aliphatic carbocycles. The van der Waals surface area contributed by atoms with Gasteiger partial charge < -0.3 is 10.6 Å². The van der Waals surface area contributed by atoms with Gasteiger partial charge in [-0.2, -0.15) is 0 Å². The summed E-state index contributed by atoms with van der Waals surface area (Å²) in [5, 5.41) is 9.79. The molecule has 0 bridgehead atoms. The van der Waals surface area contributed by atoms with E-state index in [0.29, 0.717) is 10.6 Å². The van der Waals surface area contributed by atoms with Gasteiger partial charge in [-0.15, -0.1) is 5.10 Å². The Labute approximate surface area is 95.9 Å². The molecule has 0 unspecified atom stereocenters. The molecule has 2 N–H and O–H groups in total. The first-order chi connectivity index (χ1) is 7.79. The van der Waals surface area contributed by atoms with E-state index in [1.807, 2.05) is 0 Å². The number of amides is 1. The fraction of sp³-hybridized carbons (Fsp3) is 0.111. The quantitative estimate of drug-likeness (QED) is 0.836. The number of hydrogen-bond acceptors (Lipinski definition) is 6.